The van der Waals surface area contributed by atoms with Crippen molar-refractivity contribution in [2.45, 2.75) is 97.8 Å². The van der Waals surface area contributed by atoms with Crippen LogP contribution in [0.1, 0.15) is 97.8 Å². The minimum absolute atomic E-state index is 0.810. The Morgan fingerprint density at radius 1 is 1.00 bits per heavy atom. The van der Waals surface area contributed by atoms with Crippen LogP contribution in [0.4, 0.5) is 0 Å². The van der Waals surface area contributed by atoms with Crippen LogP contribution in [0, 0.1) is 28.6 Å². The van der Waals surface area contributed by atoms with E-state index in [1.165, 1.54) is 38.5 Å². The molecule has 3 aliphatic carbocycles. The molecule has 0 aliphatic heterocycles. The summed E-state index contributed by atoms with van der Waals surface area (Å²) in [4.78, 5) is 0. The zero-order valence-electron chi connectivity index (χ0n) is 14.2. The van der Waals surface area contributed by atoms with Gasteiger partial charge in [0, 0.05) is 0 Å². The minimum Gasteiger partial charge on any atom is -0.0654 e. The predicted molar refractivity (Wildman–Crippen MR) is 87.8 cm³/mol. The Labute approximate surface area is 127 Å². The van der Waals surface area contributed by atoms with Gasteiger partial charge in [-0.2, -0.15) is 0 Å². The molecule has 0 nitrogen and oxygen atoms in total. The zero-order chi connectivity index (χ0) is 14.2. The number of rotatable bonds is 7. The van der Waals surface area contributed by atoms with Crippen LogP contribution in [-0.4, -0.2) is 0 Å². The molecule has 0 radical (unpaired) electrons. The van der Waals surface area contributed by atoms with Crippen LogP contribution >= 0.6 is 0 Å². The summed E-state index contributed by atoms with van der Waals surface area (Å²) < 4.78 is 0. The lowest BCUT2D eigenvalue weighted by Gasteiger charge is -2.75. The van der Waals surface area contributed by atoms with Gasteiger partial charge in [0.1, 0.15) is 0 Å². The molecule has 20 heavy (non-hydrogen) atoms. The fraction of sp³-hybridized carbons (Fsp3) is 1.00. The second-order valence-corrected chi connectivity index (χ2v) is 8.31. The zero-order valence-corrected chi connectivity index (χ0v) is 14.2. The Bertz CT molecular complexity index is 323. The summed E-state index contributed by atoms with van der Waals surface area (Å²) in [6, 6.07) is 0. The lowest BCUT2D eigenvalue weighted by atomic mass is 9.30. The molecular weight excluding hydrogens is 240 g/mol. The van der Waals surface area contributed by atoms with Gasteiger partial charge in [0.25, 0.3) is 0 Å². The van der Waals surface area contributed by atoms with Crippen LogP contribution in [0.2, 0.25) is 0 Å². The molecule has 3 saturated carbocycles. The van der Waals surface area contributed by atoms with Gasteiger partial charge in [-0.1, -0.05) is 59.3 Å². The molecule has 3 fully saturated rings. The van der Waals surface area contributed by atoms with Crippen LogP contribution in [-0.2, 0) is 0 Å². The average Bonchev–Trinajstić information content (AvgIpc) is 2.29. The molecule has 0 aromatic heterocycles. The van der Waals surface area contributed by atoms with Gasteiger partial charge < -0.3 is 0 Å². The second kappa shape index (κ2) is 5.65. The van der Waals surface area contributed by atoms with E-state index in [0.717, 1.165) is 28.6 Å². The Balaban J connectivity index is 1.80. The molecule has 0 heterocycles. The highest BCUT2D eigenvalue weighted by molar-refractivity contribution is 5.18. The van der Waals surface area contributed by atoms with E-state index in [1.54, 1.807) is 38.5 Å². The van der Waals surface area contributed by atoms with E-state index >= 15 is 0 Å². The van der Waals surface area contributed by atoms with Crippen molar-refractivity contribution in [2.75, 3.05) is 0 Å². The first-order valence-electron chi connectivity index (χ1n) is 9.74. The Morgan fingerprint density at radius 3 is 2.15 bits per heavy atom. The van der Waals surface area contributed by atoms with Crippen molar-refractivity contribution >= 4 is 0 Å². The minimum atomic E-state index is 0.810. The van der Waals surface area contributed by atoms with Gasteiger partial charge in [-0.3, -0.25) is 0 Å². The molecule has 3 atom stereocenters. The molecule has 0 aromatic carbocycles. The van der Waals surface area contributed by atoms with E-state index in [1.807, 2.05) is 0 Å². The Morgan fingerprint density at radius 2 is 1.75 bits per heavy atom. The van der Waals surface area contributed by atoms with Gasteiger partial charge in [0.05, 0.1) is 0 Å². The molecule has 0 heteroatoms. The van der Waals surface area contributed by atoms with Gasteiger partial charge in [-0.15, -0.1) is 0 Å². The lowest BCUT2D eigenvalue weighted by Crippen LogP contribution is -2.67. The summed E-state index contributed by atoms with van der Waals surface area (Å²) in [5, 5.41) is 0. The van der Waals surface area contributed by atoms with Gasteiger partial charge in [-0.05, 0) is 67.1 Å². The van der Waals surface area contributed by atoms with E-state index in [0.29, 0.717) is 0 Å². The molecule has 116 valence electrons. The molecular formula is C20H36. The summed E-state index contributed by atoms with van der Waals surface area (Å²) in [6.07, 6.45) is 18.3. The third-order valence-corrected chi connectivity index (χ3v) is 7.87. The lowest BCUT2D eigenvalue weighted by molar-refractivity contribution is -0.259. The van der Waals surface area contributed by atoms with E-state index < -0.39 is 0 Å². The maximum atomic E-state index is 2.45. The highest BCUT2D eigenvalue weighted by Gasteiger charge is 2.69. The van der Waals surface area contributed by atoms with Crippen molar-refractivity contribution in [3.63, 3.8) is 0 Å². The maximum absolute atomic E-state index is 2.45. The fourth-order valence-corrected chi connectivity index (χ4v) is 6.67. The SMILES string of the molecule is CCCC(CC)C1CC(CCC)(C2CCC2)C12CCC2. The molecule has 0 aromatic rings. The predicted octanol–water partition coefficient (Wildman–Crippen LogP) is 6.59. The molecule has 3 aliphatic rings. The van der Waals surface area contributed by atoms with E-state index in [2.05, 4.69) is 20.8 Å². The van der Waals surface area contributed by atoms with Gasteiger partial charge in [-0.25, -0.2) is 0 Å². The Kier molecular flexibility index (Phi) is 4.22. The second-order valence-electron chi connectivity index (χ2n) is 8.31. The first kappa shape index (κ1) is 14.9. The molecule has 3 unspecified atom stereocenters. The number of hydrogen-bond donors (Lipinski definition) is 0. The van der Waals surface area contributed by atoms with Gasteiger partial charge in [0.15, 0.2) is 0 Å². The van der Waals surface area contributed by atoms with Crippen molar-refractivity contribution in [1.29, 1.82) is 0 Å². The van der Waals surface area contributed by atoms with Crippen LogP contribution in [0.3, 0.4) is 0 Å². The summed E-state index contributed by atoms with van der Waals surface area (Å²) >= 11 is 0. The van der Waals surface area contributed by atoms with Gasteiger partial charge in [0.2, 0.25) is 0 Å². The van der Waals surface area contributed by atoms with Crippen molar-refractivity contribution < 1.29 is 0 Å². The summed E-state index contributed by atoms with van der Waals surface area (Å²) in [7, 11) is 0. The summed E-state index contributed by atoms with van der Waals surface area (Å²) in [5.74, 6) is 3.27. The van der Waals surface area contributed by atoms with Gasteiger partial charge >= 0.3 is 0 Å². The van der Waals surface area contributed by atoms with E-state index in [4.69, 9.17) is 0 Å². The molecule has 0 amide bonds. The summed E-state index contributed by atoms with van der Waals surface area (Å²) in [5.41, 5.74) is 1.63. The first-order valence-corrected chi connectivity index (χ1v) is 9.74. The fourth-order valence-electron chi connectivity index (χ4n) is 6.67. The normalized spacial score (nSPS) is 37.0. The maximum Gasteiger partial charge on any atom is -0.0207 e. The van der Waals surface area contributed by atoms with Crippen molar-refractivity contribution in [3.05, 3.63) is 0 Å². The average molecular weight is 277 g/mol. The molecule has 0 saturated heterocycles. The Hall–Kier alpha value is 0. The topological polar surface area (TPSA) is 0 Å². The van der Waals surface area contributed by atoms with Crippen LogP contribution in [0.25, 0.3) is 0 Å². The van der Waals surface area contributed by atoms with Crippen molar-refractivity contribution in [1.82, 2.24) is 0 Å². The summed E-state index contributed by atoms with van der Waals surface area (Å²) in [6.45, 7) is 7.28. The van der Waals surface area contributed by atoms with Crippen LogP contribution in [0.5, 0.6) is 0 Å². The largest absolute Gasteiger partial charge is 0.0654 e. The van der Waals surface area contributed by atoms with Crippen LogP contribution in [0.15, 0.2) is 0 Å². The number of hydrogen-bond acceptors (Lipinski definition) is 0. The van der Waals surface area contributed by atoms with Crippen molar-refractivity contribution in [3.8, 4) is 0 Å². The highest BCUT2D eigenvalue weighted by atomic mass is 14.7. The standard InChI is InChI=1S/C20H36/c1-4-9-16(6-3)18-15-20(12-5-2,17-10-7-11-17)19(18)13-8-14-19/h16-18H,4-15H2,1-3H3. The molecule has 0 bridgehead atoms. The van der Waals surface area contributed by atoms with Crippen LogP contribution < -0.4 is 0 Å². The van der Waals surface area contributed by atoms with E-state index in [-0.39, 0.29) is 0 Å². The molecule has 3 rings (SSSR count). The highest BCUT2D eigenvalue weighted by Crippen LogP contribution is 2.78. The first-order chi connectivity index (χ1) is 9.74. The third kappa shape index (κ3) is 1.85. The monoisotopic (exact) mass is 276 g/mol. The molecule has 1 spiro atoms. The van der Waals surface area contributed by atoms with Crippen molar-refractivity contribution in [2.24, 2.45) is 28.6 Å². The smallest absolute Gasteiger partial charge is 0.0207 e. The quantitative estimate of drug-likeness (QED) is 0.492. The molecule has 0 N–H and O–H groups in total. The van der Waals surface area contributed by atoms with E-state index in [9.17, 15) is 0 Å². The third-order valence-electron chi connectivity index (χ3n) is 7.87.